The molecule has 2 nitrogen and oxygen atoms in total. The largest absolute Gasteiger partial charge is 0.461 e. The molecule has 0 radical (unpaired) electrons. The van der Waals surface area contributed by atoms with Gasteiger partial charge in [0.15, 0.2) is 0 Å². The van der Waals surface area contributed by atoms with E-state index in [1.165, 1.54) is 6.92 Å². The van der Waals surface area contributed by atoms with Gasteiger partial charge in [0.1, 0.15) is 0 Å². The first-order valence-corrected chi connectivity index (χ1v) is 8.50. The number of hydrogen-bond donors (Lipinski definition) is 0. The molecule has 0 heterocycles. The summed E-state index contributed by atoms with van der Waals surface area (Å²) in [6.07, 6.45) is 0.0426. The van der Waals surface area contributed by atoms with E-state index < -0.39 is 51.1 Å². The summed E-state index contributed by atoms with van der Waals surface area (Å²) in [5.74, 6) is -23.7. The third-order valence-corrected chi connectivity index (χ3v) is 5.10. The van der Waals surface area contributed by atoms with Crippen molar-refractivity contribution in [3.05, 3.63) is 0 Å². The summed E-state index contributed by atoms with van der Waals surface area (Å²) in [4.78, 5) is 11.1. The lowest BCUT2D eigenvalue weighted by atomic mass is 9.94. The molecule has 0 fully saturated rings. The summed E-state index contributed by atoms with van der Waals surface area (Å²) < 4.78 is 153. The quantitative estimate of drug-likeness (QED) is 0.133. The zero-order valence-electron chi connectivity index (χ0n) is 13.6. The first-order chi connectivity index (χ1) is 12.5. The van der Waals surface area contributed by atoms with Crippen molar-refractivity contribution in [2.45, 2.75) is 58.3 Å². The lowest BCUT2D eigenvalue weighted by Crippen LogP contribution is -2.72. The van der Waals surface area contributed by atoms with E-state index in [1.807, 2.05) is 0 Å². The maximum Gasteiger partial charge on any atom is 0.395 e. The van der Waals surface area contributed by atoms with Crippen molar-refractivity contribution in [1.29, 1.82) is 0 Å². The molecule has 3 unspecified atom stereocenters. The molecule has 29 heavy (non-hydrogen) atoms. The van der Waals surface area contributed by atoms with Gasteiger partial charge in [-0.2, -0.15) is 35.1 Å². The molecule has 0 aliphatic rings. The third kappa shape index (κ3) is 4.43. The van der Waals surface area contributed by atoms with Gasteiger partial charge in [-0.25, -0.2) is 18.0 Å². The monoisotopic (exact) mass is 534 g/mol. The van der Waals surface area contributed by atoms with Crippen LogP contribution in [0.1, 0.15) is 19.8 Å². The van der Waals surface area contributed by atoms with E-state index in [1.54, 1.807) is 0 Å². The Kier molecular flexibility index (Phi) is 8.38. The Morgan fingerprint density at radius 1 is 0.724 bits per heavy atom. The maximum atomic E-state index is 14.0. The Morgan fingerprint density at radius 2 is 1.10 bits per heavy atom. The highest BCUT2D eigenvalue weighted by molar-refractivity contribution is 6.34. The summed E-state index contributed by atoms with van der Waals surface area (Å²) in [6.45, 7) is 0.533. The highest BCUT2D eigenvalue weighted by Crippen LogP contribution is 2.64. The molecule has 0 aromatic rings. The first kappa shape index (κ1) is 28.9. The van der Waals surface area contributed by atoms with Crippen LogP contribution in [0.25, 0.3) is 0 Å². The minimum Gasteiger partial charge on any atom is -0.461 e. The average molecular weight is 536 g/mol. The van der Waals surface area contributed by atoms with Gasteiger partial charge in [-0.1, -0.05) is 48.1 Å². The molecule has 0 saturated carbocycles. The van der Waals surface area contributed by atoms with Gasteiger partial charge in [-0.15, -0.1) is 0 Å². The van der Waals surface area contributed by atoms with Crippen molar-refractivity contribution in [2.24, 2.45) is 0 Å². The van der Waals surface area contributed by atoms with Gasteiger partial charge < -0.3 is 4.74 Å². The number of unbranched alkanes of at least 4 members (excludes halogenated alkanes) is 1. The number of ether oxygens (including phenoxy) is 1. The van der Waals surface area contributed by atoms with Gasteiger partial charge >= 0.3 is 44.5 Å². The van der Waals surface area contributed by atoms with E-state index >= 15 is 0 Å². The fraction of sp³-hybridized carbons (Fsp3) is 0.917. The predicted molar refractivity (Wildman–Crippen MR) is 80.6 cm³/mol. The fourth-order valence-electron chi connectivity index (χ4n) is 1.49. The predicted octanol–water partition coefficient (Wildman–Crippen LogP) is 6.78. The van der Waals surface area contributed by atoms with Crippen molar-refractivity contribution < 1.29 is 57.8 Å². The molecule has 0 aliphatic heterocycles. The molecule has 0 aliphatic carbocycles. The molecule has 3 atom stereocenters. The van der Waals surface area contributed by atoms with E-state index in [0.717, 1.165) is 0 Å². The summed E-state index contributed by atoms with van der Waals surface area (Å²) in [5, 5.41) is -25.6. The van der Waals surface area contributed by atoms with Crippen LogP contribution in [0.2, 0.25) is 0 Å². The minimum absolute atomic E-state index is 0.151. The van der Waals surface area contributed by atoms with Gasteiger partial charge in [-0.05, 0) is 18.0 Å². The molecule has 0 saturated heterocycles. The molecule has 174 valence electrons. The molecule has 0 amide bonds. The second kappa shape index (κ2) is 8.42. The van der Waals surface area contributed by atoms with E-state index in [9.17, 15) is 53.1 Å². The number of hydrogen-bond acceptors (Lipinski definition) is 2. The summed E-state index contributed by atoms with van der Waals surface area (Å²) >= 11 is 16.1. The number of alkyl halides is 15. The Morgan fingerprint density at radius 3 is 1.45 bits per heavy atom. The van der Waals surface area contributed by atoms with Crippen LogP contribution >= 0.6 is 46.4 Å². The Bertz CT molecular complexity index is 605. The highest BCUT2D eigenvalue weighted by atomic mass is 35.5. The SMILES string of the molecule is CCCCOC(=O)C(F)(F)C(F)(Cl)C(F)(F)C(F)(Cl)C(F)(F)C(F)(Cl)C(F)(F)Cl. The van der Waals surface area contributed by atoms with Crippen LogP contribution in [-0.2, 0) is 9.53 Å². The van der Waals surface area contributed by atoms with E-state index in [-0.39, 0.29) is 12.8 Å². The summed E-state index contributed by atoms with van der Waals surface area (Å²) in [7, 11) is 0. The zero-order valence-corrected chi connectivity index (χ0v) is 16.6. The van der Waals surface area contributed by atoms with Crippen molar-refractivity contribution in [3.63, 3.8) is 0 Å². The molecule has 0 bridgehead atoms. The minimum atomic E-state index is -7.16. The molecular formula is C12H9Cl4F11O2. The van der Waals surface area contributed by atoms with Gasteiger partial charge in [0.25, 0.3) is 0 Å². The lowest BCUT2D eigenvalue weighted by molar-refractivity contribution is -0.305. The van der Waals surface area contributed by atoms with Gasteiger partial charge in [0, 0.05) is 0 Å². The Balaban J connectivity index is 6.32. The van der Waals surface area contributed by atoms with Gasteiger partial charge in [0.2, 0.25) is 0 Å². The van der Waals surface area contributed by atoms with Crippen LogP contribution < -0.4 is 0 Å². The van der Waals surface area contributed by atoms with Crippen LogP contribution in [0, 0.1) is 0 Å². The second-order valence-electron chi connectivity index (χ2n) is 5.43. The van der Waals surface area contributed by atoms with E-state index in [0.29, 0.717) is 0 Å². The summed E-state index contributed by atoms with van der Waals surface area (Å²) in [6, 6.07) is 0. The standard InChI is InChI=1S/C12H9Cl4F11O2/c1-2-3-4-29-5(28)6(17,18)7(13,19)10(22,23)8(14,20)11(24,25)9(15,21)12(16,26)27/h2-4H2,1H3. The molecule has 0 rings (SSSR count). The van der Waals surface area contributed by atoms with Crippen LogP contribution in [0.4, 0.5) is 48.3 Å². The number of carbonyl (C=O) groups excluding carboxylic acids is 1. The normalized spacial score (nSPS) is 20.4. The highest BCUT2D eigenvalue weighted by Gasteiger charge is 2.90. The molecule has 0 N–H and O–H groups in total. The number of esters is 1. The van der Waals surface area contributed by atoms with Crippen LogP contribution in [0.5, 0.6) is 0 Å². The van der Waals surface area contributed by atoms with Crippen molar-refractivity contribution in [2.75, 3.05) is 6.61 Å². The topological polar surface area (TPSA) is 26.3 Å². The van der Waals surface area contributed by atoms with Crippen LogP contribution in [0.3, 0.4) is 0 Å². The van der Waals surface area contributed by atoms with E-state index in [4.69, 9.17) is 0 Å². The molecule has 0 aromatic heterocycles. The first-order valence-electron chi connectivity index (χ1n) is 6.99. The smallest absolute Gasteiger partial charge is 0.395 e. The lowest BCUT2D eigenvalue weighted by Gasteiger charge is -2.43. The van der Waals surface area contributed by atoms with Gasteiger partial charge in [-0.3, -0.25) is 0 Å². The fourth-order valence-corrected chi connectivity index (χ4v) is 2.31. The number of carbonyl (C=O) groups is 1. The zero-order chi connectivity index (χ0) is 23.9. The van der Waals surface area contributed by atoms with Crippen LogP contribution in [0.15, 0.2) is 0 Å². The Hall–Kier alpha value is -0.140. The number of rotatable bonds is 10. The maximum absolute atomic E-state index is 14.0. The van der Waals surface area contributed by atoms with Crippen molar-refractivity contribution in [3.8, 4) is 0 Å². The Labute approximate surface area is 175 Å². The van der Waals surface area contributed by atoms with E-state index in [2.05, 4.69) is 51.1 Å². The molecule has 0 aromatic carbocycles. The molecule has 0 spiro atoms. The average Bonchev–Trinajstić information content (AvgIpc) is 2.52. The second-order valence-corrected chi connectivity index (χ2v) is 7.47. The molecule has 17 heteroatoms. The van der Waals surface area contributed by atoms with Gasteiger partial charge in [0.05, 0.1) is 6.61 Å². The van der Waals surface area contributed by atoms with Crippen LogP contribution in [-0.4, -0.2) is 51.1 Å². The third-order valence-electron chi connectivity index (χ3n) is 3.32. The summed E-state index contributed by atoms with van der Waals surface area (Å²) in [5.41, 5.74) is 0. The number of halogens is 15. The molecular weight excluding hydrogens is 527 g/mol. The van der Waals surface area contributed by atoms with Crippen molar-refractivity contribution in [1.82, 2.24) is 0 Å². The van der Waals surface area contributed by atoms with Crippen molar-refractivity contribution >= 4 is 52.4 Å².